The van der Waals surface area contributed by atoms with Crippen LogP contribution >= 0.6 is 27.3 Å². The highest BCUT2D eigenvalue weighted by Crippen LogP contribution is 2.45. The monoisotopic (exact) mass is 331 g/mol. The molecule has 0 aliphatic heterocycles. The molecule has 18 heavy (non-hydrogen) atoms. The summed E-state index contributed by atoms with van der Waals surface area (Å²) in [4.78, 5) is 1.36. The molecule has 1 N–H and O–H groups in total. The first-order valence-corrected chi connectivity index (χ1v) is 8.25. The second kappa shape index (κ2) is 6.04. The van der Waals surface area contributed by atoms with Gasteiger partial charge in [0.25, 0.3) is 0 Å². The molecule has 0 spiro atoms. The molecule has 1 fully saturated rings. The van der Waals surface area contributed by atoms with Crippen LogP contribution in [0.5, 0.6) is 0 Å². The Labute approximate surface area is 122 Å². The zero-order chi connectivity index (χ0) is 13.2. The van der Waals surface area contributed by atoms with E-state index in [2.05, 4.69) is 39.6 Å². The third kappa shape index (κ3) is 2.67. The van der Waals surface area contributed by atoms with E-state index in [1.807, 2.05) is 14.2 Å². The van der Waals surface area contributed by atoms with Gasteiger partial charge in [-0.2, -0.15) is 0 Å². The van der Waals surface area contributed by atoms with E-state index in [0.29, 0.717) is 0 Å². The SMILES string of the molecule is CNC(c1sccc1Br)C1(OC)CCC(C)CC1. The largest absolute Gasteiger partial charge is 0.376 e. The van der Waals surface area contributed by atoms with Gasteiger partial charge in [-0.25, -0.2) is 0 Å². The van der Waals surface area contributed by atoms with Gasteiger partial charge in [0.1, 0.15) is 0 Å². The average Bonchev–Trinajstić information content (AvgIpc) is 2.79. The number of hydrogen-bond acceptors (Lipinski definition) is 3. The van der Waals surface area contributed by atoms with Gasteiger partial charge in [0.15, 0.2) is 0 Å². The maximum absolute atomic E-state index is 5.98. The van der Waals surface area contributed by atoms with Crippen LogP contribution in [0.15, 0.2) is 15.9 Å². The van der Waals surface area contributed by atoms with E-state index in [0.717, 1.165) is 18.8 Å². The molecule has 1 atom stereocenters. The highest BCUT2D eigenvalue weighted by Gasteiger charge is 2.42. The van der Waals surface area contributed by atoms with Crippen LogP contribution in [0.2, 0.25) is 0 Å². The van der Waals surface area contributed by atoms with Crippen molar-refractivity contribution in [3.05, 3.63) is 20.8 Å². The van der Waals surface area contributed by atoms with Crippen molar-refractivity contribution in [2.24, 2.45) is 5.92 Å². The van der Waals surface area contributed by atoms with Crippen LogP contribution in [-0.4, -0.2) is 19.8 Å². The van der Waals surface area contributed by atoms with Gasteiger partial charge in [0.2, 0.25) is 0 Å². The normalized spacial score (nSPS) is 30.3. The molecule has 0 amide bonds. The summed E-state index contributed by atoms with van der Waals surface area (Å²) in [7, 11) is 3.90. The molecule has 0 bridgehead atoms. The van der Waals surface area contributed by atoms with E-state index in [4.69, 9.17) is 4.74 Å². The molecule has 102 valence electrons. The predicted molar refractivity (Wildman–Crippen MR) is 81.2 cm³/mol. The number of rotatable bonds is 4. The van der Waals surface area contributed by atoms with Gasteiger partial charge < -0.3 is 10.1 Å². The van der Waals surface area contributed by atoms with E-state index >= 15 is 0 Å². The summed E-state index contributed by atoms with van der Waals surface area (Å²) >= 11 is 5.46. The quantitative estimate of drug-likeness (QED) is 0.884. The van der Waals surface area contributed by atoms with E-state index in [9.17, 15) is 0 Å². The number of nitrogens with one attached hydrogen (secondary N) is 1. The smallest absolute Gasteiger partial charge is 0.0881 e. The van der Waals surface area contributed by atoms with E-state index in [1.165, 1.54) is 22.2 Å². The average molecular weight is 332 g/mol. The van der Waals surface area contributed by atoms with Crippen LogP contribution in [0.25, 0.3) is 0 Å². The van der Waals surface area contributed by atoms with Crippen molar-refractivity contribution in [1.82, 2.24) is 5.32 Å². The fourth-order valence-corrected chi connectivity index (χ4v) is 4.82. The predicted octanol–water partition coefficient (Wildman–Crippen LogP) is 4.37. The summed E-state index contributed by atoms with van der Waals surface area (Å²) in [6.07, 6.45) is 4.80. The summed E-state index contributed by atoms with van der Waals surface area (Å²) in [5.41, 5.74) is -0.0470. The van der Waals surface area contributed by atoms with Crippen LogP contribution < -0.4 is 5.32 Å². The highest BCUT2D eigenvalue weighted by atomic mass is 79.9. The Morgan fingerprint density at radius 2 is 2.17 bits per heavy atom. The minimum absolute atomic E-state index is 0.0470. The highest BCUT2D eigenvalue weighted by molar-refractivity contribution is 9.10. The summed E-state index contributed by atoms with van der Waals surface area (Å²) in [5.74, 6) is 0.831. The molecule has 1 aromatic heterocycles. The summed E-state index contributed by atoms with van der Waals surface area (Å²) in [6, 6.07) is 2.41. The molecule has 1 aromatic rings. The van der Waals surface area contributed by atoms with Gasteiger partial charge in [-0.15, -0.1) is 11.3 Å². The van der Waals surface area contributed by atoms with E-state index in [-0.39, 0.29) is 11.6 Å². The lowest BCUT2D eigenvalue weighted by molar-refractivity contribution is -0.0738. The standard InChI is InChI=1S/C14H22BrNOS/c1-10-4-7-14(17-3,8-5-10)13(16-2)12-11(15)6-9-18-12/h6,9-10,13,16H,4-5,7-8H2,1-3H3. The van der Waals surface area contributed by atoms with Crippen molar-refractivity contribution in [3.63, 3.8) is 0 Å². The second-order valence-electron chi connectivity index (χ2n) is 5.31. The summed E-state index contributed by atoms with van der Waals surface area (Å²) in [5, 5.41) is 5.61. The van der Waals surface area contributed by atoms with Crippen molar-refractivity contribution in [2.45, 2.75) is 44.2 Å². The first-order chi connectivity index (χ1) is 8.63. The fraction of sp³-hybridized carbons (Fsp3) is 0.714. The summed E-state index contributed by atoms with van der Waals surface area (Å²) < 4.78 is 7.18. The Morgan fingerprint density at radius 3 is 2.61 bits per heavy atom. The minimum atomic E-state index is -0.0470. The lowest BCUT2D eigenvalue weighted by atomic mass is 9.75. The van der Waals surface area contributed by atoms with E-state index < -0.39 is 0 Å². The van der Waals surface area contributed by atoms with Crippen molar-refractivity contribution in [3.8, 4) is 0 Å². The first-order valence-electron chi connectivity index (χ1n) is 6.58. The van der Waals surface area contributed by atoms with E-state index in [1.54, 1.807) is 11.3 Å². The first kappa shape index (κ1) is 14.5. The molecule has 1 unspecified atom stereocenters. The molecule has 2 rings (SSSR count). The van der Waals surface area contributed by atoms with Crippen molar-refractivity contribution >= 4 is 27.3 Å². The lowest BCUT2D eigenvalue weighted by Crippen LogP contribution is -2.46. The third-order valence-corrected chi connectivity index (χ3v) is 6.18. The van der Waals surface area contributed by atoms with Crippen molar-refractivity contribution in [1.29, 1.82) is 0 Å². The third-order valence-electron chi connectivity index (χ3n) is 4.25. The molecule has 0 saturated heterocycles. The number of methoxy groups -OCH3 is 1. The zero-order valence-electron chi connectivity index (χ0n) is 11.3. The van der Waals surface area contributed by atoms with Crippen LogP contribution in [0.3, 0.4) is 0 Å². The molecular weight excluding hydrogens is 310 g/mol. The van der Waals surface area contributed by atoms with Crippen molar-refractivity contribution in [2.75, 3.05) is 14.2 Å². The Hall–Kier alpha value is 0.1000. The maximum atomic E-state index is 5.98. The molecule has 2 nitrogen and oxygen atoms in total. The Balaban J connectivity index is 2.27. The Bertz CT molecular complexity index is 385. The van der Waals surface area contributed by atoms with Gasteiger partial charge >= 0.3 is 0 Å². The molecule has 0 radical (unpaired) electrons. The number of hydrogen-bond donors (Lipinski definition) is 1. The molecule has 1 saturated carbocycles. The molecular formula is C14H22BrNOS. The van der Waals surface area contributed by atoms with Crippen LogP contribution in [0, 0.1) is 5.92 Å². The molecule has 1 aliphatic rings. The lowest BCUT2D eigenvalue weighted by Gasteiger charge is -2.43. The molecule has 1 aliphatic carbocycles. The molecule has 0 aromatic carbocycles. The van der Waals surface area contributed by atoms with Gasteiger partial charge in [-0.1, -0.05) is 6.92 Å². The molecule has 1 heterocycles. The topological polar surface area (TPSA) is 21.3 Å². The zero-order valence-corrected chi connectivity index (χ0v) is 13.7. The number of thiophene rings is 1. The number of ether oxygens (including phenoxy) is 1. The van der Waals surface area contributed by atoms with Gasteiger partial charge in [-0.3, -0.25) is 0 Å². The fourth-order valence-electron chi connectivity index (χ4n) is 3.01. The minimum Gasteiger partial charge on any atom is -0.376 e. The number of halogens is 1. The summed E-state index contributed by atoms with van der Waals surface area (Å²) in [6.45, 7) is 2.34. The number of likely N-dealkylation sites (N-methyl/N-ethyl adjacent to an activating group) is 1. The van der Waals surface area contributed by atoms with Gasteiger partial charge in [-0.05, 0) is 66.0 Å². The van der Waals surface area contributed by atoms with Crippen LogP contribution in [-0.2, 0) is 4.74 Å². The van der Waals surface area contributed by atoms with Crippen LogP contribution in [0.4, 0.5) is 0 Å². The van der Waals surface area contributed by atoms with Gasteiger partial charge in [0, 0.05) is 16.5 Å². The molecule has 4 heteroatoms. The second-order valence-corrected chi connectivity index (χ2v) is 7.11. The Morgan fingerprint density at radius 1 is 1.50 bits per heavy atom. The van der Waals surface area contributed by atoms with Crippen LogP contribution in [0.1, 0.15) is 43.5 Å². The Kier molecular flexibility index (Phi) is 4.86. The van der Waals surface area contributed by atoms with Crippen molar-refractivity contribution < 1.29 is 4.74 Å². The van der Waals surface area contributed by atoms with Gasteiger partial charge in [0.05, 0.1) is 11.6 Å². The maximum Gasteiger partial charge on any atom is 0.0881 e.